The minimum atomic E-state index is -4.85. The number of anilines is 1. The van der Waals surface area contributed by atoms with Crippen LogP contribution >= 0.6 is 0 Å². The summed E-state index contributed by atoms with van der Waals surface area (Å²) in [5.41, 5.74) is 7.07. The van der Waals surface area contributed by atoms with Crippen LogP contribution in [0.2, 0.25) is 0 Å². The summed E-state index contributed by atoms with van der Waals surface area (Å²) in [7, 11) is 0. The summed E-state index contributed by atoms with van der Waals surface area (Å²) in [6, 6.07) is 8.98. The van der Waals surface area contributed by atoms with Crippen molar-refractivity contribution < 1.29 is 27.2 Å². The summed E-state index contributed by atoms with van der Waals surface area (Å²) >= 11 is 0. The number of hydrogen-bond donors (Lipinski definition) is 2. The lowest BCUT2D eigenvalue weighted by atomic mass is 10.1. The molecule has 5 rings (SSSR count). The van der Waals surface area contributed by atoms with E-state index < -0.39 is 23.5 Å². The van der Waals surface area contributed by atoms with E-state index in [1.807, 2.05) is 0 Å². The van der Waals surface area contributed by atoms with Crippen molar-refractivity contribution in [3.05, 3.63) is 84.0 Å². The monoisotopic (exact) mass is 567 g/mol. The van der Waals surface area contributed by atoms with E-state index in [0.717, 1.165) is 18.9 Å². The van der Waals surface area contributed by atoms with E-state index in [0.29, 0.717) is 53.1 Å². The zero-order valence-corrected chi connectivity index (χ0v) is 21.7. The van der Waals surface area contributed by atoms with Gasteiger partial charge in [-0.15, -0.1) is 0 Å². The van der Waals surface area contributed by atoms with E-state index in [1.54, 1.807) is 33.8 Å². The van der Waals surface area contributed by atoms with Crippen LogP contribution < -0.4 is 11.1 Å². The minimum absolute atomic E-state index is 0.0530. The number of hydrogen-bond acceptors (Lipinski definition) is 6. The Morgan fingerprint density at radius 1 is 1.15 bits per heavy atom. The topological polar surface area (TPSA) is 119 Å². The lowest BCUT2D eigenvalue weighted by Crippen LogP contribution is -2.40. The van der Waals surface area contributed by atoms with E-state index in [-0.39, 0.29) is 29.9 Å². The number of fused-ring (bicyclic) bond motifs is 1. The maximum atomic E-state index is 13.9. The van der Waals surface area contributed by atoms with Crippen LogP contribution in [0.25, 0.3) is 22.3 Å². The molecule has 2 aromatic heterocycles. The molecule has 3 heterocycles. The van der Waals surface area contributed by atoms with Gasteiger partial charge in [0.15, 0.2) is 5.65 Å². The summed E-state index contributed by atoms with van der Waals surface area (Å²) < 4.78 is 54.0. The van der Waals surface area contributed by atoms with Gasteiger partial charge in [-0.3, -0.25) is 9.59 Å². The van der Waals surface area contributed by atoms with Gasteiger partial charge in [0.05, 0.1) is 17.0 Å². The van der Waals surface area contributed by atoms with E-state index in [4.69, 9.17) is 10.8 Å². The number of alkyl halides is 3. The van der Waals surface area contributed by atoms with Gasteiger partial charge in [-0.25, -0.2) is 19.0 Å². The standard InChI is InChI=1S/C28H25F4N7O2/c1-2-22(40)38-11-3-4-19(14-38)39-26-23(25(33)35-15-36-26)24(37-39)17-7-5-16(6-8-17)13-34-27(41)18-9-10-20(21(29)12-18)28(30,31)32/h2,5-10,12,15,19H,1,3-4,11,13-14H2,(H,34,41)(H2,33,35,36). The van der Waals surface area contributed by atoms with Crippen molar-refractivity contribution in [2.75, 3.05) is 18.8 Å². The molecule has 0 aliphatic carbocycles. The zero-order valence-electron chi connectivity index (χ0n) is 21.7. The number of amides is 2. The Hall–Kier alpha value is -4.81. The number of carbonyl (C=O) groups excluding carboxylic acids is 2. The van der Waals surface area contributed by atoms with Crippen LogP contribution in [0.1, 0.15) is 40.4 Å². The van der Waals surface area contributed by atoms with Gasteiger partial charge in [-0.1, -0.05) is 30.8 Å². The van der Waals surface area contributed by atoms with Crippen molar-refractivity contribution >= 4 is 28.7 Å². The molecule has 1 saturated heterocycles. The third kappa shape index (κ3) is 5.60. The molecule has 1 atom stereocenters. The Morgan fingerprint density at radius 3 is 2.59 bits per heavy atom. The van der Waals surface area contributed by atoms with Crippen LogP contribution in [0.4, 0.5) is 23.4 Å². The van der Waals surface area contributed by atoms with Gasteiger partial charge in [0.25, 0.3) is 5.91 Å². The molecule has 2 amide bonds. The van der Waals surface area contributed by atoms with Gasteiger partial charge in [-0.2, -0.15) is 18.3 Å². The van der Waals surface area contributed by atoms with E-state index >= 15 is 0 Å². The number of nitrogen functional groups attached to an aromatic ring is 1. The fraction of sp³-hybridized carbons (Fsp3) is 0.250. The average molecular weight is 568 g/mol. The number of likely N-dealkylation sites (tertiary alicyclic amines) is 1. The van der Waals surface area contributed by atoms with Gasteiger partial charge >= 0.3 is 6.18 Å². The van der Waals surface area contributed by atoms with Crippen molar-refractivity contribution in [1.82, 2.24) is 30.0 Å². The molecule has 9 nitrogen and oxygen atoms in total. The maximum Gasteiger partial charge on any atom is 0.419 e. The van der Waals surface area contributed by atoms with Gasteiger partial charge in [0.2, 0.25) is 5.91 Å². The van der Waals surface area contributed by atoms with Gasteiger partial charge < -0.3 is 16.0 Å². The number of benzene rings is 2. The summed E-state index contributed by atoms with van der Waals surface area (Å²) in [5, 5.41) is 7.98. The number of carbonyl (C=O) groups is 2. The molecule has 0 radical (unpaired) electrons. The highest BCUT2D eigenvalue weighted by atomic mass is 19.4. The molecule has 212 valence electrons. The molecule has 13 heteroatoms. The van der Waals surface area contributed by atoms with Gasteiger partial charge in [-0.05, 0) is 42.7 Å². The molecular weight excluding hydrogens is 542 g/mol. The zero-order chi connectivity index (χ0) is 29.3. The van der Waals surface area contributed by atoms with Gasteiger partial charge in [0, 0.05) is 30.8 Å². The highest BCUT2D eigenvalue weighted by Gasteiger charge is 2.34. The molecular formula is C28H25F4N7O2. The molecule has 1 fully saturated rings. The van der Waals surface area contributed by atoms with E-state index in [9.17, 15) is 27.2 Å². The third-order valence-electron chi connectivity index (χ3n) is 6.96. The highest BCUT2D eigenvalue weighted by Crippen LogP contribution is 2.34. The minimum Gasteiger partial charge on any atom is -0.383 e. The summed E-state index contributed by atoms with van der Waals surface area (Å²) in [5.74, 6) is -2.12. The van der Waals surface area contributed by atoms with Gasteiger partial charge in [0.1, 0.15) is 23.7 Å². The summed E-state index contributed by atoms with van der Waals surface area (Å²) in [4.78, 5) is 34.9. The Morgan fingerprint density at radius 2 is 1.90 bits per heavy atom. The number of nitrogens with one attached hydrogen (secondary N) is 1. The fourth-order valence-corrected chi connectivity index (χ4v) is 4.89. The molecule has 2 aromatic carbocycles. The molecule has 0 saturated carbocycles. The van der Waals surface area contributed by atoms with Crippen LogP contribution in [0.15, 0.2) is 61.4 Å². The summed E-state index contributed by atoms with van der Waals surface area (Å²) in [6.45, 7) is 4.71. The van der Waals surface area contributed by atoms with Crippen LogP contribution in [0.3, 0.4) is 0 Å². The second-order valence-electron chi connectivity index (χ2n) is 9.61. The SMILES string of the molecule is C=CC(=O)N1CCCC(n2nc(-c3ccc(CNC(=O)c4ccc(C(F)(F)F)c(F)c4)cc3)c3c(N)ncnc32)C1. The molecule has 0 spiro atoms. The largest absolute Gasteiger partial charge is 0.419 e. The first-order chi connectivity index (χ1) is 19.6. The quantitative estimate of drug-likeness (QED) is 0.261. The first-order valence-electron chi connectivity index (χ1n) is 12.7. The Bertz CT molecular complexity index is 1630. The summed E-state index contributed by atoms with van der Waals surface area (Å²) in [6.07, 6.45) is -0.603. The van der Waals surface area contributed by atoms with E-state index in [2.05, 4.69) is 21.9 Å². The molecule has 3 N–H and O–H groups in total. The second kappa shape index (κ2) is 11.0. The number of rotatable bonds is 6. The van der Waals surface area contributed by atoms with Crippen LogP contribution in [0.5, 0.6) is 0 Å². The Labute approximate surface area is 231 Å². The number of aromatic nitrogens is 4. The first-order valence-corrected chi connectivity index (χ1v) is 12.7. The molecule has 1 aliphatic rings. The second-order valence-corrected chi connectivity index (χ2v) is 9.61. The fourth-order valence-electron chi connectivity index (χ4n) is 4.89. The Balaban J connectivity index is 1.35. The number of nitrogens with zero attached hydrogens (tertiary/aromatic N) is 5. The smallest absolute Gasteiger partial charge is 0.383 e. The predicted octanol–water partition coefficient (Wildman–Crippen LogP) is 4.51. The predicted molar refractivity (Wildman–Crippen MR) is 143 cm³/mol. The molecule has 1 aliphatic heterocycles. The van der Waals surface area contributed by atoms with Crippen molar-refractivity contribution in [1.29, 1.82) is 0 Å². The Kier molecular flexibility index (Phi) is 7.43. The van der Waals surface area contributed by atoms with Crippen molar-refractivity contribution in [2.45, 2.75) is 31.6 Å². The normalized spacial score (nSPS) is 15.6. The van der Waals surface area contributed by atoms with Crippen LogP contribution in [-0.2, 0) is 17.5 Å². The molecule has 4 aromatic rings. The number of piperidine rings is 1. The number of nitrogens with two attached hydrogens (primary N) is 1. The first kappa shape index (κ1) is 27.7. The lowest BCUT2D eigenvalue weighted by Gasteiger charge is -2.32. The van der Waals surface area contributed by atoms with E-state index in [1.165, 1.54) is 12.4 Å². The number of halogens is 4. The van der Waals surface area contributed by atoms with Crippen molar-refractivity contribution in [3.63, 3.8) is 0 Å². The molecule has 41 heavy (non-hydrogen) atoms. The van der Waals surface area contributed by atoms with Crippen molar-refractivity contribution in [3.8, 4) is 11.3 Å². The molecule has 1 unspecified atom stereocenters. The average Bonchev–Trinajstić information content (AvgIpc) is 3.36. The maximum absolute atomic E-state index is 13.9. The van der Waals surface area contributed by atoms with Crippen LogP contribution in [0, 0.1) is 5.82 Å². The van der Waals surface area contributed by atoms with Crippen molar-refractivity contribution in [2.24, 2.45) is 0 Å². The lowest BCUT2D eigenvalue weighted by molar-refractivity contribution is -0.140. The highest BCUT2D eigenvalue weighted by molar-refractivity contribution is 5.98. The molecule has 0 bridgehead atoms. The third-order valence-corrected chi connectivity index (χ3v) is 6.96. The van der Waals surface area contributed by atoms with Crippen LogP contribution in [-0.4, -0.2) is 49.6 Å².